The smallest absolute Gasteiger partial charge is 0.364 e. The summed E-state index contributed by atoms with van der Waals surface area (Å²) in [4.78, 5) is 10.7. The van der Waals surface area contributed by atoms with Crippen molar-refractivity contribution in [2.75, 3.05) is 0 Å². The third-order valence-electron chi connectivity index (χ3n) is 5.39. The summed E-state index contributed by atoms with van der Waals surface area (Å²) in [5.41, 5.74) is 0. The van der Waals surface area contributed by atoms with Gasteiger partial charge in [0, 0.05) is 12.3 Å². The fraction of sp³-hybridized carbons (Fsp3) is 0.750. The lowest BCUT2D eigenvalue weighted by molar-refractivity contribution is -0.205. The number of halogens is 1. The highest BCUT2D eigenvalue weighted by molar-refractivity contribution is 5.74. The molecule has 1 saturated carbocycles. The average Bonchev–Trinajstić information content (AvgIpc) is 3.12. The Labute approximate surface area is 154 Å². The summed E-state index contributed by atoms with van der Waals surface area (Å²) in [6.45, 7) is 2.18. The van der Waals surface area contributed by atoms with Crippen LogP contribution in [0, 0.1) is 11.8 Å². The molecule has 2 unspecified atom stereocenters. The molecule has 6 heteroatoms. The first kappa shape index (κ1) is 20.9. The van der Waals surface area contributed by atoms with Crippen molar-refractivity contribution in [3.8, 4) is 0 Å². The van der Waals surface area contributed by atoms with E-state index in [1.807, 2.05) is 0 Å². The molecular formula is C20H31FO5. The van der Waals surface area contributed by atoms with Crippen LogP contribution in [-0.2, 0) is 9.53 Å². The first-order valence-corrected chi connectivity index (χ1v) is 9.72. The maximum atomic E-state index is 14.8. The van der Waals surface area contributed by atoms with Crippen molar-refractivity contribution in [2.24, 2.45) is 11.8 Å². The van der Waals surface area contributed by atoms with E-state index in [-0.39, 0.29) is 30.1 Å². The van der Waals surface area contributed by atoms with Gasteiger partial charge in [0.25, 0.3) is 5.79 Å². The second-order valence-electron chi connectivity index (χ2n) is 7.42. The Morgan fingerprint density at radius 2 is 2.04 bits per heavy atom. The van der Waals surface area contributed by atoms with E-state index in [2.05, 4.69) is 19.1 Å². The van der Waals surface area contributed by atoms with E-state index in [0.29, 0.717) is 0 Å². The number of rotatable bonds is 10. The van der Waals surface area contributed by atoms with Gasteiger partial charge in [0.1, 0.15) is 11.9 Å². The molecule has 0 aromatic carbocycles. The average molecular weight is 370 g/mol. The molecular weight excluding hydrogens is 339 g/mol. The van der Waals surface area contributed by atoms with Crippen molar-refractivity contribution >= 4 is 5.97 Å². The third-order valence-corrected chi connectivity index (χ3v) is 5.39. The minimum Gasteiger partial charge on any atom is -0.492 e. The third kappa shape index (κ3) is 5.30. The molecule has 26 heavy (non-hydrogen) atoms. The molecule has 0 aromatic heterocycles. The Kier molecular flexibility index (Phi) is 7.65. The summed E-state index contributed by atoms with van der Waals surface area (Å²) >= 11 is 0. The zero-order valence-corrected chi connectivity index (χ0v) is 15.4. The number of allylic oxidation sites excluding steroid dienone is 4. The van der Waals surface area contributed by atoms with Gasteiger partial charge in [-0.2, -0.15) is 0 Å². The molecule has 0 spiro atoms. The lowest BCUT2D eigenvalue weighted by Gasteiger charge is -2.15. The normalized spacial score (nSPS) is 30.1. The summed E-state index contributed by atoms with van der Waals surface area (Å²) < 4.78 is 20.5. The highest BCUT2D eigenvalue weighted by atomic mass is 19.1. The molecule has 1 saturated heterocycles. The van der Waals surface area contributed by atoms with Gasteiger partial charge in [0.05, 0.1) is 0 Å². The Hall–Kier alpha value is -1.40. The SMILES string of the molecule is CCCCCCC=C[C@H]1CCC2OC(=CCCC(O)(O)C(=O)O)C(F)[C@@H]21. The topological polar surface area (TPSA) is 87.0 Å². The molecule has 2 fully saturated rings. The van der Waals surface area contributed by atoms with Gasteiger partial charge >= 0.3 is 5.97 Å². The number of unbranched alkanes of at least 4 members (excludes halogenated alkanes) is 4. The van der Waals surface area contributed by atoms with Crippen LogP contribution in [0.2, 0.25) is 0 Å². The Bertz CT molecular complexity index is 528. The van der Waals surface area contributed by atoms with Crippen molar-refractivity contribution in [3.05, 3.63) is 24.0 Å². The highest BCUT2D eigenvalue weighted by Crippen LogP contribution is 2.47. The van der Waals surface area contributed by atoms with Gasteiger partial charge in [-0.15, -0.1) is 0 Å². The monoisotopic (exact) mass is 370 g/mol. The Balaban J connectivity index is 1.84. The van der Waals surface area contributed by atoms with Crippen LogP contribution in [0.5, 0.6) is 0 Å². The summed E-state index contributed by atoms with van der Waals surface area (Å²) in [5, 5.41) is 27.3. The van der Waals surface area contributed by atoms with E-state index in [0.717, 1.165) is 19.3 Å². The zero-order valence-electron chi connectivity index (χ0n) is 15.4. The van der Waals surface area contributed by atoms with Crippen LogP contribution in [-0.4, -0.2) is 39.4 Å². The predicted molar refractivity (Wildman–Crippen MR) is 96.0 cm³/mol. The molecule has 0 amide bonds. The fourth-order valence-corrected chi connectivity index (χ4v) is 3.86. The summed E-state index contributed by atoms with van der Waals surface area (Å²) in [5.74, 6) is -4.31. The van der Waals surface area contributed by atoms with Gasteiger partial charge in [-0.05, 0) is 44.1 Å². The van der Waals surface area contributed by atoms with E-state index in [1.54, 1.807) is 0 Å². The number of fused-ring (bicyclic) bond motifs is 1. The summed E-state index contributed by atoms with van der Waals surface area (Å²) in [6, 6.07) is 0. The number of carbonyl (C=O) groups is 1. The van der Waals surface area contributed by atoms with Gasteiger partial charge in [0.15, 0.2) is 6.17 Å². The molecule has 148 valence electrons. The maximum Gasteiger partial charge on any atom is 0.364 e. The molecule has 0 radical (unpaired) electrons. The summed E-state index contributed by atoms with van der Waals surface area (Å²) in [7, 11) is 0. The Morgan fingerprint density at radius 1 is 1.27 bits per heavy atom. The van der Waals surface area contributed by atoms with Gasteiger partial charge in [-0.1, -0.05) is 38.3 Å². The Morgan fingerprint density at radius 3 is 2.73 bits per heavy atom. The number of alkyl halides is 1. The second-order valence-corrected chi connectivity index (χ2v) is 7.42. The number of carboxylic acids is 1. The number of ether oxygens (including phenoxy) is 1. The number of hydrogen-bond acceptors (Lipinski definition) is 4. The van der Waals surface area contributed by atoms with Gasteiger partial charge < -0.3 is 20.1 Å². The quantitative estimate of drug-likeness (QED) is 0.310. The van der Waals surface area contributed by atoms with Crippen molar-refractivity contribution in [2.45, 2.75) is 82.8 Å². The first-order valence-electron chi connectivity index (χ1n) is 9.72. The van der Waals surface area contributed by atoms with Crippen LogP contribution in [0.3, 0.4) is 0 Å². The molecule has 3 N–H and O–H groups in total. The lowest BCUT2D eigenvalue weighted by atomic mass is 9.90. The molecule has 2 rings (SSSR count). The van der Waals surface area contributed by atoms with E-state index < -0.39 is 24.3 Å². The van der Waals surface area contributed by atoms with E-state index in [9.17, 15) is 19.4 Å². The summed E-state index contributed by atoms with van der Waals surface area (Å²) in [6.07, 6.45) is 11.6. The molecule has 1 aliphatic carbocycles. The largest absolute Gasteiger partial charge is 0.492 e. The molecule has 2 aliphatic rings. The minimum absolute atomic E-state index is 0.0342. The van der Waals surface area contributed by atoms with Crippen molar-refractivity contribution in [1.82, 2.24) is 0 Å². The van der Waals surface area contributed by atoms with Crippen molar-refractivity contribution in [1.29, 1.82) is 0 Å². The molecule has 0 bridgehead atoms. The molecule has 4 atom stereocenters. The van der Waals surface area contributed by atoms with Gasteiger partial charge in [-0.25, -0.2) is 9.18 Å². The van der Waals surface area contributed by atoms with E-state index in [1.165, 1.54) is 31.8 Å². The highest BCUT2D eigenvalue weighted by Gasteiger charge is 2.49. The molecule has 1 aliphatic heterocycles. The van der Waals surface area contributed by atoms with Crippen LogP contribution in [0.25, 0.3) is 0 Å². The van der Waals surface area contributed by atoms with Crippen LogP contribution in [0.15, 0.2) is 24.0 Å². The zero-order chi connectivity index (χ0) is 19.2. The van der Waals surface area contributed by atoms with Crippen LogP contribution in [0.1, 0.15) is 64.7 Å². The van der Waals surface area contributed by atoms with Crippen molar-refractivity contribution < 1.29 is 29.2 Å². The van der Waals surface area contributed by atoms with Gasteiger partial charge in [0.2, 0.25) is 0 Å². The maximum absolute atomic E-state index is 14.8. The molecule has 1 heterocycles. The predicted octanol–water partition coefficient (Wildman–Crippen LogP) is 3.71. The first-order chi connectivity index (χ1) is 12.4. The minimum atomic E-state index is -2.79. The standard InChI is InChI=1S/C20H31FO5/c1-2-3-4-5-6-7-9-14-11-12-15-17(14)18(21)16(26-15)10-8-13-20(24,25)19(22)23/h7,9-10,14-15,17-18,24-25H,2-6,8,11-13H2,1H3,(H,22,23)/t14-,15?,17+,18?/m0/s1. The number of carboxylic acid groups (broad SMARTS) is 1. The van der Waals surface area contributed by atoms with E-state index in [4.69, 9.17) is 9.84 Å². The van der Waals surface area contributed by atoms with Crippen molar-refractivity contribution in [3.63, 3.8) is 0 Å². The number of aliphatic hydroxyl groups is 2. The number of hydrogen-bond donors (Lipinski definition) is 3. The van der Waals surface area contributed by atoms with Crippen LogP contribution in [0.4, 0.5) is 4.39 Å². The number of aliphatic carboxylic acids is 1. The molecule has 5 nitrogen and oxygen atoms in total. The fourth-order valence-electron chi connectivity index (χ4n) is 3.86. The molecule has 0 aromatic rings. The van der Waals surface area contributed by atoms with Crippen LogP contribution < -0.4 is 0 Å². The van der Waals surface area contributed by atoms with Gasteiger partial charge in [-0.3, -0.25) is 0 Å². The second kappa shape index (κ2) is 9.51. The van der Waals surface area contributed by atoms with E-state index >= 15 is 0 Å². The van der Waals surface area contributed by atoms with Crippen LogP contribution >= 0.6 is 0 Å². The lowest BCUT2D eigenvalue weighted by Crippen LogP contribution is -2.37.